The van der Waals surface area contributed by atoms with Crippen molar-refractivity contribution in [1.82, 2.24) is 20.3 Å². The van der Waals surface area contributed by atoms with Gasteiger partial charge in [0.2, 0.25) is 0 Å². The van der Waals surface area contributed by atoms with E-state index in [0.29, 0.717) is 22.8 Å². The third kappa shape index (κ3) is 3.19. The highest BCUT2D eigenvalue weighted by Gasteiger charge is 2.13. The zero-order chi connectivity index (χ0) is 14.0. The molecule has 1 aromatic heterocycles. The van der Waals surface area contributed by atoms with Gasteiger partial charge in [0.25, 0.3) is 0 Å². The van der Waals surface area contributed by atoms with Crippen molar-refractivity contribution in [2.75, 3.05) is 0 Å². The van der Waals surface area contributed by atoms with E-state index in [1.54, 1.807) is 10.7 Å². The largest absolute Gasteiger partial charge is 0.310 e. The molecule has 0 radical (unpaired) electrons. The van der Waals surface area contributed by atoms with Gasteiger partial charge in [-0.1, -0.05) is 19.1 Å². The third-order valence-corrected chi connectivity index (χ3v) is 3.34. The maximum Gasteiger partial charge on any atom is 0.156 e. The van der Waals surface area contributed by atoms with Crippen LogP contribution in [0.25, 0.3) is 11.3 Å². The Balaban J connectivity index is 2.36. The van der Waals surface area contributed by atoms with Gasteiger partial charge in [0.05, 0.1) is 0 Å². The molecule has 0 spiro atoms. The van der Waals surface area contributed by atoms with Gasteiger partial charge in [-0.25, -0.2) is 9.07 Å². The number of hydrogen-bond acceptors (Lipinski definition) is 3. The average Bonchev–Trinajstić information content (AvgIpc) is 2.68. The van der Waals surface area contributed by atoms with Gasteiger partial charge in [0.15, 0.2) is 4.60 Å². The van der Waals surface area contributed by atoms with E-state index in [1.165, 1.54) is 6.07 Å². The predicted octanol–water partition coefficient (Wildman–Crippen LogP) is 2.88. The molecule has 0 aliphatic rings. The van der Waals surface area contributed by atoms with Crippen LogP contribution in [-0.4, -0.2) is 21.0 Å². The number of hydrogen-bond donors (Lipinski definition) is 1. The first-order valence-corrected chi connectivity index (χ1v) is 6.85. The lowest BCUT2D eigenvalue weighted by atomic mass is 10.1. The van der Waals surface area contributed by atoms with Crippen LogP contribution in [0.4, 0.5) is 4.39 Å². The van der Waals surface area contributed by atoms with Crippen molar-refractivity contribution in [3.05, 3.63) is 34.2 Å². The molecule has 2 rings (SSSR count). The second-order valence-corrected chi connectivity index (χ2v) is 5.45. The van der Waals surface area contributed by atoms with Gasteiger partial charge in [0, 0.05) is 30.8 Å². The van der Waals surface area contributed by atoms with E-state index in [4.69, 9.17) is 0 Å². The van der Waals surface area contributed by atoms with Gasteiger partial charge in [-0.15, -0.1) is 5.10 Å². The molecule has 102 valence electrons. The van der Waals surface area contributed by atoms with Crippen LogP contribution < -0.4 is 5.32 Å². The number of aryl methyl sites for hydroxylation is 1. The summed E-state index contributed by atoms with van der Waals surface area (Å²) in [5.41, 5.74) is 2.37. The Bertz CT molecular complexity index is 561. The highest BCUT2D eigenvalue weighted by Crippen LogP contribution is 2.27. The summed E-state index contributed by atoms with van der Waals surface area (Å²) in [5.74, 6) is -0.205. The van der Waals surface area contributed by atoms with Crippen LogP contribution in [-0.2, 0) is 13.6 Å². The monoisotopic (exact) mass is 326 g/mol. The smallest absolute Gasteiger partial charge is 0.156 e. The zero-order valence-electron chi connectivity index (χ0n) is 11.1. The topological polar surface area (TPSA) is 42.7 Å². The molecule has 1 N–H and O–H groups in total. The minimum absolute atomic E-state index is 0.205. The standard InChI is InChI=1S/C13H16BrFN4/c1-8(2)16-7-10-6-9(4-5-11(10)15)12-13(14)17-18-19(12)3/h4-6,8,16H,7H2,1-3H3. The third-order valence-electron chi connectivity index (χ3n) is 2.81. The van der Waals surface area contributed by atoms with Gasteiger partial charge < -0.3 is 5.32 Å². The van der Waals surface area contributed by atoms with E-state index in [0.717, 1.165) is 11.3 Å². The van der Waals surface area contributed by atoms with Crippen molar-refractivity contribution < 1.29 is 4.39 Å². The van der Waals surface area contributed by atoms with E-state index >= 15 is 0 Å². The van der Waals surface area contributed by atoms with E-state index in [1.807, 2.05) is 27.0 Å². The van der Waals surface area contributed by atoms with Crippen LogP contribution in [0.15, 0.2) is 22.8 Å². The molecule has 1 heterocycles. The average molecular weight is 327 g/mol. The zero-order valence-corrected chi connectivity index (χ0v) is 12.7. The summed E-state index contributed by atoms with van der Waals surface area (Å²) in [6, 6.07) is 5.35. The molecule has 19 heavy (non-hydrogen) atoms. The van der Waals surface area contributed by atoms with E-state index < -0.39 is 0 Å². The van der Waals surface area contributed by atoms with Crippen LogP contribution >= 0.6 is 15.9 Å². The Kier molecular flexibility index (Phi) is 4.31. The summed E-state index contributed by atoms with van der Waals surface area (Å²) in [6.07, 6.45) is 0. The number of rotatable bonds is 4. The van der Waals surface area contributed by atoms with Crippen LogP contribution in [0.3, 0.4) is 0 Å². The Labute approximate surface area is 120 Å². The van der Waals surface area contributed by atoms with Gasteiger partial charge in [0.1, 0.15) is 11.5 Å². The maximum absolute atomic E-state index is 13.8. The highest BCUT2D eigenvalue weighted by molar-refractivity contribution is 9.10. The first-order chi connectivity index (χ1) is 8.99. The fraction of sp³-hybridized carbons (Fsp3) is 0.385. The molecule has 1 aromatic carbocycles. The number of halogens is 2. The van der Waals surface area contributed by atoms with Gasteiger partial charge in [-0.3, -0.25) is 0 Å². The van der Waals surface area contributed by atoms with Crippen molar-refractivity contribution in [2.45, 2.75) is 26.4 Å². The predicted molar refractivity (Wildman–Crippen MR) is 76.1 cm³/mol. The Morgan fingerprint density at radius 3 is 2.74 bits per heavy atom. The van der Waals surface area contributed by atoms with Gasteiger partial charge in [-0.2, -0.15) is 0 Å². The second kappa shape index (κ2) is 5.79. The normalized spacial score (nSPS) is 11.3. The molecular weight excluding hydrogens is 311 g/mol. The molecule has 0 fully saturated rings. The Hall–Kier alpha value is -1.27. The summed E-state index contributed by atoms with van der Waals surface area (Å²) < 4.78 is 16.1. The summed E-state index contributed by atoms with van der Waals surface area (Å²) in [4.78, 5) is 0. The summed E-state index contributed by atoms with van der Waals surface area (Å²) in [5, 5.41) is 11.1. The SMILES string of the molecule is CC(C)NCc1cc(-c2c(Br)nnn2C)ccc1F. The van der Waals surface area contributed by atoms with E-state index in [9.17, 15) is 4.39 Å². The Morgan fingerprint density at radius 1 is 1.42 bits per heavy atom. The van der Waals surface area contributed by atoms with Crippen LogP contribution in [0.5, 0.6) is 0 Å². The van der Waals surface area contributed by atoms with Crippen molar-refractivity contribution >= 4 is 15.9 Å². The number of nitrogens with one attached hydrogen (secondary N) is 1. The molecule has 2 aromatic rings. The molecule has 6 heteroatoms. The maximum atomic E-state index is 13.8. The van der Waals surface area contributed by atoms with Gasteiger partial charge >= 0.3 is 0 Å². The lowest BCUT2D eigenvalue weighted by molar-refractivity contribution is 0.553. The van der Waals surface area contributed by atoms with Crippen LogP contribution in [0, 0.1) is 5.82 Å². The first kappa shape index (κ1) is 14.1. The van der Waals surface area contributed by atoms with Crippen molar-refractivity contribution in [2.24, 2.45) is 7.05 Å². The number of benzene rings is 1. The number of aromatic nitrogens is 3. The summed E-state index contributed by atoms with van der Waals surface area (Å²) >= 11 is 3.36. The van der Waals surface area contributed by atoms with Crippen molar-refractivity contribution in [1.29, 1.82) is 0 Å². The molecule has 0 saturated heterocycles. The molecular formula is C13H16BrFN4. The molecule has 4 nitrogen and oxygen atoms in total. The first-order valence-electron chi connectivity index (χ1n) is 6.06. The fourth-order valence-electron chi connectivity index (χ4n) is 1.81. The quantitative estimate of drug-likeness (QED) is 0.939. The lowest BCUT2D eigenvalue weighted by Crippen LogP contribution is -2.22. The molecule has 0 saturated carbocycles. The van der Waals surface area contributed by atoms with Gasteiger partial charge in [-0.05, 0) is 34.1 Å². The van der Waals surface area contributed by atoms with Crippen LogP contribution in [0.2, 0.25) is 0 Å². The number of nitrogens with zero attached hydrogens (tertiary/aromatic N) is 3. The molecule has 0 bridgehead atoms. The summed E-state index contributed by atoms with van der Waals surface area (Å²) in [7, 11) is 1.81. The molecule has 0 aliphatic carbocycles. The van der Waals surface area contributed by atoms with E-state index in [-0.39, 0.29) is 5.82 Å². The minimum atomic E-state index is -0.205. The molecule has 0 unspecified atom stereocenters. The molecule has 0 amide bonds. The van der Waals surface area contributed by atoms with Crippen LogP contribution in [0.1, 0.15) is 19.4 Å². The second-order valence-electron chi connectivity index (χ2n) is 4.69. The minimum Gasteiger partial charge on any atom is -0.310 e. The lowest BCUT2D eigenvalue weighted by Gasteiger charge is -2.10. The molecule has 0 aliphatic heterocycles. The summed E-state index contributed by atoms with van der Waals surface area (Å²) in [6.45, 7) is 4.56. The van der Waals surface area contributed by atoms with E-state index in [2.05, 4.69) is 31.6 Å². The fourth-order valence-corrected chi connectivity index (χ4v) is 2.37. The van der Waals surface area contributed by atoms with Crippen molar-refractivity contribution in [3.8, 4) is 11.3 Å². The highest BCUT2D eigenvalue weighted by atomic mass is 79.9. The Morgan fingerprint density at radius 2 is 2.16 bits per heavy atom. The van der Waals surface area contributed by atoms with Crippen molar-refractivity contribution in [3.63, 3.8) is 0 Å². The molecule has 0 atom stereocenters.